The van der Waals surface area contributed by atoms with Crippen molar-refractivity contribution in [3.05, 3.63) is 12.2 Å². The maximum atomic E-state index is 5.53. The van der Waals surface area contributed by atoms with Crippen LogP contribution in [0.25, 0.3) is 0 Å². The number of hydrazine groups is 1. The zero-order valence-electron chi connectivity index (χ0n) is 10.3. The predicted octanol–water partition coefficient (Wildman–Crippen LogP) is -0.376. The zero-order valence-corrected chi connectivity index (χ0v) is 10.3. The molecule has 1 aromatic heterocycles. The molecule has 6 heteroatoms. The molecular weight excluding hydrogens is 204 g/mol. The molecule has 0 radical (unpaired) electrons. The molecule has 0 aliphatic carbocycles. The van der Waals surface area contributed by atoms with Crippen LogP contribution in [0.15, 0.2) is 6.33 Å². The van der Waals surface area contributed by atoms with Crippen molar-refractivity contribution in [1.82, 2.24) is 25.1 Å². The Balaban J connectivity index is 2.58. The molecule has 0 fully saturated rings. The average molecular weight is 226 g/mol. The highest BCUT2D eigenvalue weighted by molar-refractivity contribution is 4.90. The summed E-state index contributed by atoms with van der Waals surface area (Å²) < 4.78 is 1.94. The van der Waals surface area contributed by atoms with E-state index >= 15 is 0 Å². The minimum Gasteiger partial charge on any atom is -0.308 e. The Hall–Kier alpha value is -0.980. The van der Waals surface area contributed by atoms with E-state index in [-0.39, 0.29) is 6.04 Å². The fraction of sp³-hybridized carbons (Fsp3) is 0.800. The molecule has 1 rings (SSSR count). The molecule has 16 heavy (non-hydrogen) atoms. The molecule has 1 heterocycles. The summed E-state index contributed by atoms with van der Waals surface area (Å²) in [6, 6.07) is 0.204. The van der Waals surface area contributed by atoms with Gasteiger partial charge in [-0.05, 0) is 20.5 Å². The fourth-order valence-electron chi connectivity index (χ4n) is 1.68. The van der Waals surface area contributed by atoms with Gasteiger partial charge in [0.25, 0.3) is 0 Å². The molecule has 3 N–H and O–H groups in total. The predicted molar refractivity (Wildman–Crippen MR) is 63.7 cm³/mol. The van der Waals surface area contributed by atoms with Gasteiger partial charge in [0.05, 0.1) is 0 Å². The number of hydrogen-bond acceptors (Lipinski definition) is 5. The van der Waals surface area contributed by atoms with E-state index in [1.165, 1.54) is 0 Å². The van der Waals surface area contributed by atoms with Gasteiger partial charge >= 0.3 is 0 Å². The van der Waals surface area contributed by atoms with Crippen molar-refractivity contribution < 1.29 is 0 Å². The lowest BCUT2D eigenvalue weighted by Gasteiger charge is -2.19. The van der Waals surface area contributed by atoms with Gasteiger partial charge in [0.2, 0.25) is 0 Å². The molecule has 0 spiro atoms. The first-order chi connectivity index (χ1) is 7.67. The van der Waals surface area contributed by atoms with Crippen molar-refractivity contribution in [2.45, 2.75) is 32.4 Å². The molecule has 0 amide bonds. The zero-order chi connectivity index (χ0) is 12.0. The topological polar surface area (TPSA) is 72.0 Å². The van der Waals surface area contributed by atoms with E-state index in [2.05, 4.69) is 27.3 Å². The second kappa shape index (κ2) is 6.57. The Morgan fingerprint density at radius 3 is 2.88 bits per heavy atom. The van der Waals surface area contributed by atoms with Crippen molar-refractivity contribution in [3.63, 3.8) is 0 Å². The summed E-state index contributed by atoms with van der Waals surface area (Å²) in [4.78, 5) is 6.37. The molecular formula is C10H22N6. The van der Waals surface area contributed by atoms with Crippen LogP contribution in [0.5, 0.6) is 0 Å². The van der Waals surface area contributed by atoms with Gasteiger partial charge in [0.15, 0.2) is 0 Å². The lowest BCUT2D eigenvalue weighted by molar-refractivity contribution is 0.332. The molecule has 1 aromatic rings. The molecule has 0 bridgehead atoms. The fourth-order valence-corrected chi connectivity index (χ4v) is 1.68. The highest BCUT2D eigenvalue weighted by atomic mass is 15.3. The Bertz CT molecular complexity index is 295. The standard InChI is InChI=1S/C10H22N6/c1-4-5-16-10(12-8-13-16)6-9(14-11)7-15(2)3/h8-9,14H,4-7,11H2,1-3H3. The van der Waals surface area contributed by atoms with Crippen LogP contribution in [0.2, 0.25) is 0 Å². The van der Waals surface area contributed by atoms with Crippen LogP contribution >= 0.6 is 0 Å². The first-order valence-electron chi connectivity index (χ1n) is 5.65. The summed E-state index contributed by atoms with van der Waals surface area (Å²) in [7, 11) is 4.06. The average Bonchev–Trinajstić information content (AvgIpc) is 2.65. The van der Waals surface area contributed by atoms with Gasteiger partial charge < -0.3 is 4.90 Å². The van der Waals surface area contributed by atoms with Crippen LogP contribution in [0, 0.1) is 0 Å². The van der Waals surface area contributed by atoms with Gasteiger partial charge in [0, 0.05) is 25.6 Å². The van der Waals surface area contributed by atoms with E-state index < -0.39 is 0 Å². The summed E-state index contributed by atoms with van der Waals surface area (Å²) in [5.74, 6) is 6.52. The highest BCUT2D eigenvalue weighted by Crippen LogP contribution is 2.01. The lowest BCUT2D eigenvalue weighted by Crippen LogP contribution is -2.44. The third-order valence-corrected chi connectivity index (χ3v) is 2.38. The SMILES string of the molecule is CCCn1ncnc1CC(CN(C)C)NN. The smallest absolute Gasteiger partial charge is 0.138 e. The molecule has 1 unspecified atom stereocenters. The summed E-state index contributed by atoms with van der Waals surface area (Å²) in [5.41, 5.74) is 2.82. The number of nitrogens with two attached hydrogens (primary N) is 1. The monoisotopic (exact) mass is 226 g/mol. The number of rotatable bonds is 7. The van der Waals surface area contributed by atoms with Crippen LogP contribution in [-0.2, 0) is 13.0 Å². The van der Waals surface area contributed by atoms with Gasteiger partial charge in [-0.1, -0.05) is 6.92 Å². The van der Waals surface area contributed by atoms with Crippen molar-refractivity contribution in [3.8, 4) is 0 Å². The molecule has 0 aliphatic rings. The van der Waals surface area contributed by atoms with E-state index in [0.717, 1.165) is 31.8 Å². The summed E-state index contributed by atoms with van der Waals surface area (Å²) in [5, 5.41) is 4.20. The van der Waals surface area contributed by atoms with Crippen LogP contribution in [0.4, 0.5) is 0 Å². The molecule has 92 valence electrons. The van der Waals surface area contributed by atoms with Crippen LogP contribution < -0.4 is 11.3 Å². The largest absolute Gasteiger partial charge is 0.308 e. The number of nitrogens with one attached hydrogen (secondary N) is 1. The number of likely N-dealkylation sites (N-methyl/N-ethyl adjacent to an activating group) is 1. The van der Waals surface area contributed by atoms with Gasteiger partial charge in [0.1, 0.15) is 12.2 Å². The maximum absolute atomic E-state index is 5.53. The van der Waals surface area contributed by atoms with Gasteiger partial charge in [-0.2, -0.15) is 5.10 Å². The Kier molecular flexibility index (Phi) is 5.37. The van der Waals surface area contributed by atoms with Crippen molar-refractivity contribution in [2.75, 3.05) is 20.6 Å². The molecule has 0 saturated carbocycles. The van der Waals surface area contributed by atoms with Crippen molar-refractivity contribution >= 4 is 0 Å². The number of nitrogens with zero attached hydrogens (tertiary/aromatic N) is 4. The quantitative estimate of drug-likeness (QED) is 0.490. The van der Waals surface area contributed by atoms with E-state index in [1.807, 2.05) is 18.8 Å². The number of aryl methyl sites for hydroxylation is 1. The van der Waals surface area contributed by atoms with E-state index in [4.69, 9.17) is 5.84 Å². The Labute approximate surface area is 96.8 Å². The Morgan fingerprint density at radius 2 is 2.31 bits per heavy atom. The van der Waals surface area contributed by atoms with Crippen molar-refractivity contribution in [2.24, 2.45) is 5.84 Å². The minimum absolute atomic E-state index is 0.204. The van der Waals surface area contributed by atoms with Crippen molar-refractivity contribution in [1.29, 1.82) is 0 Å². The second-order valence-electron chi connectivity index (χ2n) is 4.23. The van der Waals surface area contributed by atoms with Crippen LogP contribution in [0.3, 0.4) is 0 Å². The first kappa shape index (κ1) is 13.1. The maximum Gasteiger partial charge on any atom is 0.138 e. The van der Waals surface area contributed by atoms with Crippen LogP contribution in [0.1, 0.15) is 19.2 Å². The normalized spacial score (nSPS) is 13.3. The van der Waals surface area contributed by atoms with Gasteiger partial charge in [-0.3, -0.25) is 16.0 Å². The first-order valence-corrected chi connectivity index (χ1v) is 5.65. The molecule has 0 saturated heterocycles. The molecule has 1 atom stereocenters. The van der Waals surface area contributed by atoms with E-state index in [1.54, 1.807) is 6.33 Å². The molecule has 6 nitrogen and oxygen atoms in total. The molecule has 0 aliphatic heterocycles. The van der Waals surface area contributed by atoms with Gasteiger partial charge in [-0.25, -0.2) is 4.98 Å². The molecule has 0 aromatic carbocycles. The highest BCUT2D eigenvalue weighted by Gasteiger charge is 2.13. The van der Waals surface area contributed by atoms with E-state index in [0.29, 0.717) is 0 Å². The minimum atomic E-state index is 0.204. The number of aromatic nitrogens is 3. The third kappa shape index (κ3) is 3.88. The lowest BCUT2D eigenvalue weighted by atomic mass is 10.2. The van der Waals surface area contributed by atoms with Gasteiger partial charge in [-0.15, -0.1) is 0 Å². The summed E-state index contributed by atoms with van der Waals surface area (Å²) >= 11 is 0. The van der Waals surface area contributed by atoms with Crippen LogP contribution in [-0.4, -0.2) is 46.3 Å². The third-order valence-electron chi connectivity index (χ3n) is 2.38. The second-order valence-corrected chi connectivity index (χ2v) is 4.23. The summed E-state index contributed by atoms with van der Waals surface area (Å²) in [6.45, 7) is 3.92. The Morgan fingerprint density at radius 1 is 1.56 bits per heavy atom. The number of hydrogen-bond donors (Lipinski definition) is 2. The summed E-state index contributed by atoms with van der Waals surface area (Å²) in [6.07, 6.45) is 3.47. The van der Waals surface area contributed by atoms with E-state index in [9.17, 15) is 0 Å².